The highest BCUT2D eigenvalue weighted by Crippen LogP contribution is 2.46. The molecule has 2 rings (SSSR count). The summed E-state index contributed by atoms with van der Waals surface area (Å²) in [6.07, 6.45) is 2.01. The van der Waals surface area contributed by atoms with E-state index in [0.717, 1.165) is 5.69 Å². The van der Waals surface area contributed by atoms with Crippen LogP contribution in [0.25, 0.3) is 0 Å². The van der Waals surface area contributed by atoms with Crippen LogP contribution in [0.15, 0.2) is 12.4 Å². The smallest absolute Gasteiger partial charge is 0.307 e. The Morgan fingerprint density at radius 1 is 1.62 bits per heavy atom. The first-order valence-corrected chi connectivity index (χ1v) is 4.26. The second-order valence-corrected chi connectivity index (χ2v) is 3.44. The number of carboxylic acid groups (broad SMARTS) is 1. The molecule has 13 heavy (non-hydrogen) atoms. The van der Waals surface area contributed by atoms with E-state index in [9.17, 15) is 4.79 Å². The molecule has 0 amide bonds. The molecule has 1 N–H and O–H groups in total. The summed E-state index contributed by atoms with van der Waals surface area (Å²) in [4.78, 5) is 18.3. The quantitative estimate of drug-likeness (QED) is 0.728. The number of aliphatic carboxylic acids is 1. The van der Waals surface area contributed by atoms with Crippen molar-refractivity contribution in [3.63, 3.8) is 0 Å². The highest BCUT2D eigenvalue weighted by Gasteiger charge is 2.45. The summed E-state index contributed by atoms with van der Waals surface area (Å²) in [6, 6.07) is 1.62. The molecule has 1 aromatic heterocycles. The third-order valence-corrected chi connectivity index (χ3v) is 2.35. The summed E-state index contributed by atoms with van der Waals surface area (Å²) in [5.41, 5.74) is 0.729. The summed E-state index contributed by atoms with van der Waals surface area (Å²) in [5.74, 6) is -1.02. The third-order valence-electron chi connectivity index (χ3n) is 2.14. The Balaban J connectivity index is 2.16. The van der Waals surface area contributed by atoms with Crippen LogP contribution in [0, 0.1) is 5.92 Å². The number of aromatic nitrogens is 2. The van der Waals surface area contributed by atoms with Crippen molar-refractivity contribution >= 4 is 17.6 Å². The van der Waals surface area contributed by atoms with Crippen molar-refractivity contribution in [1.82, 2.24) is 9.97 Å². The molecule has 5 heteroatoms. The van der Waals surface area contributed by atoms with Gasteiger partial charge in [-0.3, -0.25) is 4.79 Å². The van der Waals surface area contributed by atoms with Gasteiger partial charge in [0.25, 0.3) is 0 Å². The fraction of sp³-hybridized carbons (Fsp3) is 0.375. The fourth-order valence-electron chi connectivity index (χ4n) is 1.34. The molecule has 0 aromatic carbocycles. The van der Waals surface area contributed by atoms with Crippen molar-refractivity contribution in [2.75, 3.05) is 0 Å². The zero-order valence-electron chi connectivity index (χ0n) is 6.64. The van der Waals surface area contributed by atoms with Crippen LogP contribution in [0.4, 0.5) is 0 Å². The molecule has 1 fully saturated rings. The molecular weight excluding hydrogens is 192 g/mol. The Kier molecular flexibility index (Phi) is 1.92. The van der Waals surface area contributed by atoms with E-state index in [-0.39, 0.29) is 11.8 Å². The number of halogens is 1. The molecule has 0 saturated heterocycles. The molecular formula is C8H7ClN2O2. The van der Waals surface area contributed by atoms with E-state index in [1.54, 1.807) is 6.07 Å². The van der Waals surface area contributed by atoms with Gasteiger partial charge in [0.15, 0.2) is 0 Å². The predicted octanol–water partition coefficient (Wildman–Crippen LogP) is 1.32. The summed E-state index contributed by atoms with van der Waals surface area (Å²) < 4.78 is 0. The summed E-state index contributed by atoms with van der Waals surface area (Å²) >= 11 is 5.65. The highest BCUT2D eigenvalue weighted by molar-refractivity contribution is 6.29. The van der Waals surface area contributed by atoms with Crippen LogP contribution in [0.2, 0.25) is 5.15 Å². The first kappa shape index (κ1) is 8.44. The lowest BCUT2D eigenvalue weighted by atomic mass is 10.2. The van der Waals surface area contributed by atoms with E-state index in [1.807, 2.05) is 0 Å². The standard InChI is InChI=1S/C8H7ClN2O2/c9-7-2-6(10-3-11-7)4-1-5(4)8(12)13/h2-5H,1H2,(H,12,13)/t4-,5-/m0/s1. The summed E-state index contributed by atoms with van der Waals surface area (Å²) in [6.45, 7) is 0. The monoisotopic (exact) mass is 198 g/mol. The number of hydrogen-bond donors (Lipinski definition) is 1. The Morgan fingerprint density at radius 3 is 2.92 bits per heavy atom. The largest absolute Gasteiger partial charge is 0.481 e. The Bertz CT molecular complexity index is 356. The molecule has 0 spiro atoms. The SMILES string of the molecule is O=C(O)[C@H]1C[C@@H]1c1cc(Cl)ncn1. The molecule has 2 atom stereocenters. The Hall–Kier alpha value is -1.16. The topological polar surface area (TPSA) is 63.1 Å². The molecule has 1 heterocycles. The van der Waals surface area contributed by atoms with Crippen molar-refractivity contribution in [2.45, 2.75) is 12.3 Å². The average molecular weight is 199 g/mol. The minimum Gasteiger partial charge on any atom is -0.481 e. The van der Waals surface area contributed by atoms with Crippen molar-refractivity contribution in [3.05, 3.63) is 23.2 Å². The second kappa shape index (κ2) is 2.96. The van der Waals surface area contributed by atoms with Gasteiger partial charge in [0.1, 0.15) is 11.5 Å². The zero-order valence-corrected chi connectivity index (χ0v) is 7.40. The van der Waals surface area contributed by atoms with Crippen LogP contribution in [0.5, 0.6) is 0 Å². The number of nitrogens with zero attached hydrogens (tertiary/aromatic N) is 2. The van der Waals surface area contributed by atoms with E-state index in [1.165, 1.54) is 6.33 Å². The lowest BCUT2D eigenvalue weighted by molar-refractivity contribution is -0.138. The van der Waals surface area contributed by atoms with E-state index in [4.69, 9.17) is 16.7 Å². The van der Waals surface area contributed by atoms with Crippen LogP contribution in [-0.4, -0.2) is 21.0 Å². The maximum absolute atomic E-state index is 10.6. The molecule has 0 radical (unpaired) electrons. The van der Waals surface area contributed by atoms with E-state index in [2.05, 4.69) is 9.97 Å². The van der Waals surface area contributed by atoms with E-state index in [0.29, 0.717) is 11.6 Å². The molecule has 1 saturated carbocycles. The van der Waals surface area contributed by atoms with Gasteiger partial charge in [-0.2, -0.15) is 0 Å². The molecule has 68 valence electrons. The van der Waals surface area contributed by atoms with Gasteiger partial charge in [-0.15, -0.1) is 0 Å². The van der Waals surface area contributed by atoms with Crippen molar-refractivity contribution in [3.8, 4) is 0 Å². The summed E-state index contributed by atoms with van der Waals surface area (Å²) in [7, 11) is 0. The van der Waals surface area contributed by atoms with Gasteiger partial charge in [-0.25, -0.2) is 9.97 Å². The van der Waals surface area contributed by atoms with Crippen LogP contribution in [0.1, 0.15) is 18.0 Å². The molecule has 1 aromatic rings. The van der Waals surface area contributed by atoms with Crippen molar-refractivity contribution in [1.29, 1.82) is 0 Å². The number of rotatable bonds is 2. The van der Waals surface area contributed by atoms with Crippen LogP contribution < -0.4 is 0 Å². The van der Waals surface area contributed by atoms with Gasteiger partial charge < -0.3 is 5.11 Å². The third kappa shape index (κ3) is 1.62. The van der Waals surface area contributed by atoms with Gasteiger partial charge in [0.05, 0.1) is 5.92 Å². The number of carbonyl (C=O) groups is 1. The normalized spacial score (nSPS) is 25.6. The number of carboxylic acids is 1. The summed E-state index contributed by atoms with van der Waals surface area (Å²) in [5, 5.41) is 9.04. The first-order chi connectivity index (χ1) is 6.18. The first-order valence-electron chi connectivity index (χ1n) is 3.88. The molecule has 1 aliphatic rings. The van der Waals surface area contributed by atoms with Gasteiger partial charge in [0, 0.05) is 11.6 Å². The van der Waals surface area contributed by atoms with Gasteiger partial charge in [0.2, 0.25) is 0 Å². The van der Waals surface area contributed by atoms with E-state index < -0.39 is 5.97 Å². The maximum Gasteiger partial charge on any atom is 0.307 e. The highest BCUT2D eigenvalue weighted by atomic mass is 35.5. The van der Waals surface area contributed by atoms with Gasteiger partial charge in [-0.1, -0.05) is 11.6 Å². The van der Waals surface area contributed by atoms with Crippen LogP contribution in [0.3, 0.4) is 0 Å². The minimum atomic E-state index is -0.764. The maximum atomic E-state index is 10.6. The molecule has 0 bridgehead atoms. The lowest BCUT2D eigenvalue weighted by Crippen LogP contribution is -2.00. The van der Waals surface area contributed by atoms with Crippen molar-refractivity contribution in [2.24, 2.45) is 5.92 Å². The molecule has 4 nitrogen and oxygen atoms in total. The van der Waals surface area contributed by atoms with Crippen LogP contribution >= 0.6 is 11.6 Å². The number of hydrogen-bond acceptors (Lipinski definition) is 3. The van der Waals surface area contributed by atoms with Gasteiger partial charge >= 0.3 is 5.97 Å². The van der Waals surface area contributed by atoms with Gasteiger partial charge in [-0.05, 0) is 12.5 Å². The van der Waals surface area contributed by atoms with Crippen LogP contribution in [-0.2, 0) is 4.79 Å². The Labute approximate surface area is 79.6 Å². The average Bonchev–Trinajstić information content (AvgIpc) is 2.82. The minimum absolute atomic E-state index is 0.0259. The molecule has 1 aliphatic carbocycles. The van der Waals surface area contributed by atoms with Crippen molar-refractivity contribution < 1.29 is 9.90 Å². The van der Waals surface area contributed by atoms with E-state index >= 15 is 0 Å². The molecule has 0 aliphatic heterocycles. The Morgan fingerprint density at radius 2 is 2.38 bits per heavy atom. The predicted molar refractivity (Wildman–Crippen MR) is 45.5 cm³/mol. The fourth-order valence-corrected chi connectivity index (χ4v) is 1.50. The second-order valence-electron chi connectivity index (χ2n) is 3.05. The molecule has 0 unspecified atom stereocenters. The lowest BCUT2D eigenvalue weighted by Gasteiger charge is -1.96. The zero-order chi connectivity index (χ0) is 9.42.